The first-order valence-corrected chi connectivity index (χ1v) is 8.14. The molecule has 0 saturated heterocycles. The quantitative estimate of drug-likeness (QED) is 0.740. The van der Waals surface area contributed by atoms with Gasteiger partial charge >= 0.3 is 0 Å². The summed E-state index contributed by atoms with van der Waals surface area (Å²) in [4.78, 5) is 16.8. The maximum Gasteiger partial charge on any atom is 0.240 e. The molecule has 0 radical (unpaired) electrons. The molecule has 5 nitrogen and oxygen atoms in total. The van der Waals surface area contributed by atoms with E-state index in [1.807, 2.05) is 24.3 Å². The SMILES string of the molecule is N#CC1C(=N)Oc2c(c(=O)sc3ccccc23)C1c1ccncc1. The average Bonchev–Trinajstić information content (AvgIpc) is 2.61. The van der Waals surface area contributed by atoms with Crippen LogP contribution in [0.15, 0.2) is 53.6 Å². The molecule has 1 aliphatic rings. The van der Waals surface area contributed by atoms with Crippen molar-refractivity contribution in [2.75, 3.05) is 0 Å². The summed E-state index contributed by atoms with van der Waals surface area (Å²) in [6, 6.07) is 13.1. The Morgan fingerprint density at radius 3 is 2.71 bits per heavy atom. The van der Waals surface area contributed by atoms with Gasteiger partial charge in [-0.1, -0.05) is 23.5 Å². The molecule has 4 rings (SSSR count). The summed E-state index contributed by atoms with van der Waals surface area (Å²) in [7, 11) is 0. The monoisotopic (exact) mass is 333 g/mol. The molecular weight excluding hydrogens is 322 g/mol. The van der Waals surface area contributed by atoms with Gasteiger partial charge in [0.2, 0.25) is 10.6 Å². The highest BCUT2D eigenvalue weighted by atomic mass is 32.1. The average molecular weight is 333 g/mol. The molecule has 1 N–H and O–H groups in total. The highest BCUT2D eigenvalue weighted by molar-refractivity contribution is 7.16. The molecule has 0 fully saturated rings. The minimum absolute atomic E-state index is 0.132. The van der Waals surface area contributed by atoms with Crippen molar-refractivity contribution >= 4 is 27.3 Å². The van der Waals surface area contributed by atoms with Crippen molar-refractivity contribution in [2.45, 2.75) is 5.92 Å². The predicted octanol–water partition coefficient (Wildman–Crippen LogP) is 3.30. The van der Waals surface area contributed by atoms with Gasteiger partial charge in [0, 0.05) is 28.4 Å². The summed E-state index contributed by atoms with van der Waals surface area (Å²) in [5.74, 6) is -1.09. The van der Waals surface area contributed by atoms with Crippen LogP contribution in [0.25, 0.3) is 10.1 Å². The Morgan fingerprint density at radius 1 is 1.21 bits per heavy atom. The second-order valence-corrected chi connectivity index (χ2v) is 6.47. The highest BCUT2D eigenvalue weighted by Gasteiger charge is 2.39. The number of nitrogens with one attached hydrogen (secondary N) is 1. The van der Waals surface area contributed by atoms with Crippen LogP contribution in [0.3, 0.4) is 0 Å². The second kappa shape index (κ2) is 5.55. The lowest BCUT2D eigenvalue weighted by Crippen LogP contribution is -2.34. The van der Waals surface area contributed by atoms with Crippen LogP contribution in [-0.2, 0) is 0 Å². The maximum absolute atomic E-state index is 12.8. The van der Waals surface area contributed by atoms with Crippen LogP contribution >= 0.6 is 11.3 Å². The molecule has 0 amide bonds. The fraction of sp³-hybridized carbons (Fsp3) is 0.111. The topological polar surface area (TPSA) is 86.8 Å². The zero-order chi connectivity index (χ0) is 16.7. The first-order valence-electron chi connectivity index (χ1n) is 7.32. The Morgan fingerprint density at radius 2 is 1.96 bits per heavy atom. The lowest BCUT2D eigenvalue weighted by molar-refractivity contribution is 0.454. The minimum Gasteiger partial charge on any atom is -0.441 e. The Labute approximate surface area is 141 Å². The number of ether oxygens (including phenoxy) is 1. The smallest absolute Gasteiger partial charge is 0.240 e. The third-order valence-corrected chi connectivity index (χ3v) is 5.12. The van der Waals surface area contributed by atoms with E-state index in [1.165, 1.54) is 0 Å². The molecule has 1 aromatic carbocycles. The Balaban J connectivity index is 2.08. The van der Waals surface area contributed by atoms with Crippen LogP contribution in [-0.4, -0.2) is 10.9 Å². The molecule has 0 saturated carbocycles. The molecule has 3 aromatic rings. The summed E-state index contributed by atoms with van der Waals surface area (Å²) in [6.45, 7) is 0. The minimum atomic E-state index is -0.832. The van der Waals surface area contributed by atoms with Crippen molar-refractivity contribution in [3.8, 4) is 11.8 Å². The fourth-order valence-corrected chi connectivity index (χ4v) is 4.02. The highest BCUT2D eigenvalue weighted by Crippen LogP contribution is 2.44. The van der Waals surface area contributed by atoms with Crippen molar-refractivity contribution in [1.29, 1.82) is 10.7 Å². The number of hydrogen-bond donors (Lipinski definition) is 1. The lowest BCUT2D eigenvalue weighted by atomic mass is 9.80. The van der Waals surface area contributed by atoms with Gasteiger partial charge in [-0.2, -0.15) is 5.26 Å². The number of rotatable bonds is 1. The summed E-state index contributed by atoms with van der Waals surface area (Å²) in [6.07, 6.45) is 3.24. The zero-order valence-electron chi connectivity index (χ0n) is 12.4. The van der Waals surface area contributed by atoms with Gasteiger partial charge in [-0.25, -0.2) is 0 Å². The molecule has 2 atom stereocenters. The summed E-state index contributed by atoms with van der Waals surface area (Å²) < 4.78 is 6.30. The van der Waals surface area contributed by atoms with Gasteiger partial charge in [0.05, 0.1) is 11.6 Å². The van der Waals surface area contributed by atoms with Crippen molar-refractivity contribution in [3.63, 3.8) is 0 Å². The summed E-state index contributed by atoms with van der Waals surface area (Å²) in [5.41, 5.74) is 1.23. The van der Waals surface area contributed by atoms with E-state index in [-0.39, 0.29) is 10.6 Å². The number of benzene rings is 1. The predicted molar refractivity (Wildman–Crippen MR) is 91.6 cm³/mol. The van der Waals surface area contributed by atoms with Gasteiger partial charge in [-0.3, -0.25) is 15.2 Å². The second-order valence-electron chi connectivity index (χ2n) is 5.46. The molecule has 0 bridgehead atoms. The largest absolute Gasteiger partial charge is 0.441 e. The van der Waals surface area contributed by atoms with Crippen LogP contribution in [0.5, 0.6) is 5.75 Å². The molecule has 116 valence electrons. The van der Waals surface area contributed by atoms with E-state index in [2.05, 4.69) is 11.1 Å². The third-order valence-electron chi connectivity index (χ3n) is 4.14. The summed E-state index contributed by atoms with van der Waals surface area (Å²) in [5, 5.41) is 18.5. The number of nitriles is 1. The number of fused-ring (bicyclic) bond motifs is 3. The van der Waals surface area contributed by atoms with Gasteiger partial charge in [0.25, 0.3) is 0 Å². The number of nitrogens with zero attached hydrogens (tertiary/aromatic N) is 2. The molecule has 0 spiro atoms. The van der Waals surface area contributed by atoms with E-state index in [0.717, 1.165) is 27.0 Å². The van der Waals surface area contributed by atoms with Gasteiger partial charge in [0.15, 0.2) is 0 Å². The molecule has 6 heteroatoms. The normalized spacial score (nSPS) is 19.4. The van der Waals surface area contributed by atoms with Crippen molar-refractivity contribution < 1.29 is 4.74 Å². The third kappa shape index (κ3) is 2.10. The standard InChI is InChI=1S/C18H11N3O2S/c19-9-12-14(10-5-7-21-8-6-10)15-16(23-17(12)20)11-3-1-2-4-13(11)24-18(15)22/h1-8,12,14,20H. The first-order chi connectivity index (χ1) is 11.7. The Kier molecular flexibility index (Phi) is 3.36. The van der Waals surface area contributed by atoms with Crippen LogP contribution in [0.4, 0.5) is 0 Å². The lowest BCUT2D eigenvalue weighted by Gasteiger charge is -2.30. The van der Waals surface area contributed by atoms with Crippen molar-refractivity contribution in [2.24, 2.45) is 5.92 Å². The molecule has 1 aliphatic heterocycles. The van der Waals surface area contributed by atoms with E-state index in [4.69, 9.17) is 10.1 Å². The molecule has 3 heterocycles. The van der Waals surface area contributed by atoms with E-state index >= 15 is 0 Å². The van der Waals surface area contributed by atoms with E-state index in [0.29, 0.717) is 11.3 Å². The number of pyridine rings is 1. The van der Waals surface area contributed by atoms with E-state index < -0.39 is 11.8 Å². The number of hydrogen-bond acceptors (Lipinski definition) is 6. The maximum atomic E-state index is 12.8. The van der Waals surface area contributed by atoms with Crippen molar-refractivity contribution in [1.82, 2.24) is 4.98 Å². The first kappa shape index (κ1) is 14.5. The van der Waals surface area contributed by atoms with Gasteiger partial charge in [-0.15, -0.1) is 0 Å². The molecule has 2 aromatic heterocycles. The van der Waals surface area contributed by atoms with Gasteiger partial charge in [0.1, 0.15) is 11.7 Å². The van der Waals surface area contributed by atoms with Gasteiger partial charge < -0.3 is 4.74 Å². The van der Waals surface area contributed by atoms with Crippen LogP contribution in [0.1, 0.15) is 17.0 Å². The zero-order valence-corrected chi connectivity index (χ0v) is 13.2. The van der Waals surface area contributed by atoms with Crippen LogP contribution in [0.2, 0.25) is 0 Å². The summed E-state index contributed by atoms with van der Waals surface area (Å²) >= 11 is 1.14. The Bertz CT molecular complexity index is 1050. The van der Waals surface area contributed by atoms with Crippen LogP contribution < -0.4 is 9.48 Å². The van der Waals surface area contributed by atoms with E-state index in [9.17, 15) is 10.1 Å². The molecule has 0 aliphatic carbocycles. The number of aromatic nitrogens is 1. The molecule has 2 unspecified atom stereocenters. The van der Waals surface area contributed by atoms with Gasteiger partial charge in [-0.05, 0) is 29.8 Å². The van der Waals surface area contributed by atoms with Crippen molar-refractivity contribution in [3.05, 3.63) is 69.5 Å². The molecular formula is C18H11N3O2S. The van der Waals surface area contributed by atoms with E-state index in [1.54, 1.807) is 24.5 Å². The fourth-order valence-electron chi connectivity index (χ4n) is 3.07. The van der Waals surface area contributed by atoms with Crippen LogP contribution in [0, 0.1) is 22.7 Å². The molecule has 24 heavy (non-hydrogen) atoms. The Hall–Kier alpha value is -3.04.